The van der Waals surface area contributed by atoms with E-state index in [1.807, 2.05) is 36.1 Å². The van der Waals surface area contributed by atoms with Gasteiger partial charge in [0.15, 0.2) is 5.65 Å². The summed E-state index contributed by atoms with van der Waals surface area (Å²) in [6.07, 6.45) is 4.03. The average Bonchev–Trinajstić information content (AvgIpc) is 3.37. The largest absolute Gasteiger partial charge is 0.328 e. The number of anilines is 1. The van der Waals surface area contributed by atoms with E-state index in [4.69, 9.17) is 0 Å². The predicted octanol–water partition coefficient (Wildman–Crippen LogP) is 3.20. The van der Waals surface area contributed by atoms with Crippen LogP contribution in [0.1, 0.15) is 39.1 Å². The fourth-order valence-corrected chi connectivity index (χ4v) is 4.83. The normalized spacial score (nSPS) is 12.3. The highest BCUT2D eigenvalue weighted by Gasteiger charge is 2.20. The standard InChI is InChI=1S/C23H29N7O3S/c1-6-29-20-8-7-18(34(32,33)28(4)5)12-19(20)27-21(29)9-10-22(31)26-17-11-16-13-25-30(15(2)3)23(16)24-14-17/h7-8,11-15H,6,9-10H2,1-5H3,(H,26,31). The van der Waals surface area contributed by atoms with Crippen molar-refractivity contribution in [3.63, 3.8) is 0 Å². The fraction of sp³-hybridized carbons (Fsp3) is 0.391. The van der Waals surface area contributed by atoms with Crippen molar-refractivity contribution in [1.82, 2.24) is 28.6 Å². The Morgan fingerprint density at radius 1 is 1.18 bits per heavy atom. The number of hydrogen-bond donors (Lipinski definition) is 1. The second kappa shape index (κ2) is 9.15. The van der Waals surface area contributed by atoms with Gasteiger partial charge < -0.3 is 9.88 Å². The molecule has 1 N–H and O–H groups in total. The Hall–Kier alpha value is -3.31. The lowest BCUT2D eigenvalue weighted by atomic mass is 10.2. The van der Waals surface area contributed by atoms with Gasteiger partial charge >= 0.3 is 0 Å². The van der Waals surface area contributed by atoms with E-state index in [0.717, 1.165) is 22.4 Å². The number of pyridine rings is 1. The van der Waals surface area contributed by atoms with E-state index in [0.29, 0.717) is 24.2 Å². The van der Waals surface area contributed by atoms with E-state index < -0.39 is 10.0 Å². The number of hydrogen-bond acceptors (Lipinski definition) is 6. The first-order valence-electron chi connectivity index (χ1n) is 11.2. The van der Waals surface area contributed by atoms with Gasteiger partial charge in [-0.2, -0.15) is 5.10 Å². The van der Waals surface area contributed by atoms with Gasteiger partial charge in [0, 0.05) is 44.9 Å². The monoisotopic (exact) mass is 483 g/mol. The lowest BCUT2D eigenvalue weighted by molar-refractivity contribution is -0.116. The highest BCUT2D eigenvalue weighted by molar-refractivity contribution is 7.89. The number of fused-ring (bicyclic) bond motifs is 2. The lowest BCUT2D eigenvalue weighted by Gasteiger charge is -2.11. The summed E-state index contributed by atoms with van der Waals surface area (Å²) in [7, 11) is -0.554. The second-order valence-electron chi connectivity index (χ2n) is 8.58. The summed E-state index contributed by atoms with van der Waals surface area (Å²) in [4.78, 5) is 21.9. The lowest BCUT2D eigenvalue weighted by Crippen LogP contribution is -2.22. The Morgan fingerprint density at radius 3 is 2.62 bits per heavy atom. The molecule has 0 saturated carbocycles. The molecule has 11 heteroatoms. The van der Waals surface area contributed by atoms with Gasteiger partial charge in [-0.25, -0.2) is 27.4 Å². The first-order valence-corrected chi connectivity index (χ1v) is 12.6. The van der Waals surface area contributed by atoms with Gasteiger partial charge in [-0.1, -0.05) is 0 Å². The second-order valence-corrected chi connectivity index (χ2v) is 10.7. The van der Waals surface area contributed by atoms with Crippen molar-refractivity contribution < 1.29 is 13.2 Å². The minimum absolute atomic E-state index is 0.150. The molecule has 4 aromatic rings. The number of aromatic nitrogens is 5. The Kier molecular flexibility index (Phi) is 6.41. The third kappa shape index (κ3) is 4.40. The number of amides is 1. The van der Waals surface area contributed by atoms with Crippen LogP contribution in [0.15, 0.2) is 41.6 Å². The summed E-state index contributed by atoms with van der Waals surface area (Å²) in [5, 5.41) is 8.11. The number of sulfonamides is 1. The number of nitrogens with zero attached hydrogens (tertiary/aromatic N) is 6. The first kappa shape index (κ1) is 23.8. The highest BCUT2D eigenvalue weighted by Crippen LogP contribution is 2.23. The molecule has 34 heavy (non-hydrogen) atoms. The number of aryl methyl sites for hydroxylation is 2. The van der Waals surface area contributed by atoms with E-state index in [2.05, 4.69) is 20.4 Å². The summed E-state index contributed by atoms with van der Waals surface area (Å²) in [6.45, 7) is 6.73. The third-order valence-electron chi connectivity index (χ3n) is 5.68. The van der Waals surface area contributed by atoms with Crippen molar-refractivity contribution in [3.8, 4) is 0 Å². The molecule has 1 amide bonds. The van der Waals surface area contributed by atoms with E-state index >= 15 is 0 Å². The molecule has 1 aromatic carbocycles. The number of imidazole rings is 1. The number of carbonyl (C=O) groups excluding carboxylic acids is 1. The van der Waals surface area contributed by atoms with Gasteiger partial charge in [0.1, 0.15) is 5.82 Å². The number of benzene rings is 1. The van der Waals surface area contributed by atoms with E-state index in [1.165, 1.54) is 18.4 Å². The van der Waals surface area contributed by atoms with Crippen LogP contribution in [0.25, 0.3) is 22.1 Å². The van der Waals surface area contributed by atoms with E-state index in [-0.39, 0.29) is 23.3 Å². The van der Waals surface area contributed by atoms with Gasteiger partial charge in [0.2, 0.25) is 15.9 Å². The van der Waals surface area contributed by atoms with Crippen LogP contribution < -0.4 is 5.32 Å². The fourth-order valence-electron chi connectivity index (χ4n) is 3.91. The van der Waals surface area contributed by atoms with Crippen LogP contribution in [0, 0.1) is 0 Å². The molecule has 0 saturated heterocycles. The summed E-state index contributed by atoms with van der Waals surface area (Å²) in [5.74, 6) is 0.585. The maximum atomic E-state index is 12.6. The van der Waals surface area contributed by atoms with Crippen LogP contribution >= 0.6 is 0 Å². The van der Waals surface area contributed by atoms with Gasteiger partial charge in [0.25, 0.3) is 0 Å². The van der Waals surface area contributed by atoms with Crippen LogP contribution in [0.4, 0.5) is 5.69 Å². The number of nitrogens with one attached hydrogen (secondary N) is 1. The van der Waals surface area contributed by atoms with Crippen molar-refractivity contribution in [3.05, 3.63) is 42.5 Å². The number of rotatable bonds is 8. The van der Waals surface area contributed by atoms with Crippen molar-refractivity contribution in [2.45, 2.75) is 51.1 Å². The average molecular weight is 484 g/mol. The first-order chi connectivity index (χ1) is 16.1. The Morgan fingerprint density at radius 2 is 1.94 bits per heavy atom. The van der Waals surface area contributed by atoms with Gasteiger partial charge in [-0.3, -0.25) is 4.79 Å². The Labute approximate surface area is 198 Å². The molecular weight excluding hydrogens is 454 g/mol. The zero-order chi connectivity index (χ0) is 24.6. The molecule has 0 unspecified atom stereocenters. The molecule has 0 spiro atoms. The molecule has 0 aliphatic carbocycles. The smallest absolute Gasteiger partial charge is 0.242 e. The van der Waals surface area contributed by atoms with E-state index in [1.54, 1.807) is 30.6 Å². The third-order valence-corrected chi connectivity index (χ3v) is 7.49. The zero-order valence-corrected chi connectivity index (χ0v) is 20.8. The molecule has 0 aliphatic rings. The summed E-state index contributed by atoms with van der Waals surface area (Å²) >= 11 is 0. The van der Waals surface area contributed by atoms with Crippen LogP contribution in [-0.2, 0) is 27.8 Å². The highest BCUT2D eigenvalue weighted by atomic mass is 32.2. The minimum atomic E-state index is -3.55. The molecule has 0 bridgehead atoms. The van der Waals surface area contributed by atoms with Crippen molar-refractivity contribution >= 4 is 43.7 Å². The van der Waals surface area contributed by atoms with Crippen LogP contribution in [-0.4, -0.2) is 57.0 Å². The zero-order valence-electron chi connectivity index (χ0n) is 20.0. The predicted molar refractivity (Wildman–Crippen MR) is 131 cm³/mol. The maximum Gasteiger partial charge on any atom is 0.242 e. The Balaban J connectivity index is 1.50. The summed E-state index contributed by atoms with van der Waals surface area (Å²) in [5.41, 5.74) is 2.83. The maximum absolute atomic E-state index is 12.6. The van der Waals surface area contributed by atoms with Crippen molar-refractivity contribution in [1.29, 1.82) is 0 Å². The molecule has 3 aromatic heterocycles. The van der Waals surface area contributed by atoms with Gasteiger partial charge in [-0.05, 0) is 45.0 Å². The molecule has 0 fully saturated rings. The summed E-state index contributed by atoms with van der Waals surface area (Å²) < 4.78 is 30.0. The quantitative estimate of drug-likeness (QED) is 0.412. The molecule has 180 valence electrons. The van der Waals surface area contributed by atoms with Crippen molar-refractivity contribution in [2.75, 3.05) is 19.4 Å². The molecule has 10 nitrogen and oxygen atoms in total. The van der Waals surface area contributed by atoms with Crippen LogP contribution in [0.5, 0.6) is 0 Å². The van der Waals surface area contributed by atoms with E-state index in [9.17, 15) is 13.2 Å². The SMILES string of the molecule is CCn1c(CCC(=O)Nc2cnc3c(cnn3C(C)C)c2)nc2cc(S(=O)(=O)N(C)C)ccc21. The molecule has 0 aliphatic heterocycles. The van der Waals surface area contributed by atoms with Crippen LogP contribution in [0.3, 0.4) is 0 Å². The minimum Gasteiger partial charge on any atom is -0.328 e. The molecular formula is C23H29N7O3S. The summed E-state index contributed by atoms with van der Waals surface area (Å²) in [6, 6.07) is 7.00. The topological polar surface area (TPSA) is 115 Å². The molecule has 3 heterocycles. The Bertz CT molecular complexity index is 1470. The van der Waals surface area contributed by atoms with Crippen molar-refractivity contribution in [2.24, 2.45) is 0 Å². The molecule has 0 atom stereocenters. The number of carbonyl (C=O) groups is 1. The molecule has 4 rings (SSSR count). The molecule has 0 radical (unpaired) electrons. The van der Waals surface area contributed by atoms with Crippen LogP contribution in [0.2, 0.25) is 0 Å². The van der Waals surface area contributed by atoms with Gasteiger partial charge in [-0.15, -0.1) is 0 Å². The van der Waals surface area contributed by atoms with Gasteiger partial charge in [0.05, 0.1) is 34.0 Å².